The molecule has 2 N–H and O–H groups in total. The van der Waals surface area contributed by atoms with E-state index in [1.54, 1.807) is 24.3 Å². The van der Waals surface area contributed by atoms with Gasteiger partial charge < -0.3 is 18.3 Å². The topological polar surface area (TPSA) is 128 Å². The monoisotopic (exact) mass is 764 g/mol. The molecule has 2 aromatic carbocycles. The van der Waals surface area contributed by atoms with Gasteiger partial charge in [-0.2, -0.15) is 16.8 Å². The number of halogens is 4. The Morgan fingerprint density at radius 1 is 0.636 bits per heavy atom. The minimum absolute atomic E-state index is 0. The fourth-order valence-electron chi connectivity index (χ4n) is 3.25. The van der Waals surface area contributed by atoms with Crippen molar-refractivity contribution < 1.29 is 28.8 Å². The van der Waals surface area contributed by atoms with Gasteiger partial charge in [0.2, 0.25) is 0 Å². The molecule has 2 radical (unpaired) electrons. The Morgan fingerprint density at radius 3 is 1.36 bits per heavy atom. The third kappa shape index (κ3) is 5.31. The summed E-state index contributed by atoms with van der Waals surface area (Å²) in [5, 5.41) is 0.708. The fraction of sp³-hybridized carbons (Fsp3) is 0. The maximum absolute atomic E-state index is 12.3. The maximum atomic E-state index is 12.3. The summed E-state index contributed by atoms with van der Waals surface area (Å²) in [7, 11) is -10.1. The molecular weight excluding hydrogens is 762 g/mol. The molecule has 0 atom stereocenters. The number of aromatic nitrogens is 2. The van der Waals surface area contributed by atoms with Crippen LogP contribution >= 0.6 is 63.7 Å². The van der Waals surface area contributed by atoms with E-state index in [-0.39, 0.29) is 82.0 Å². The Kier molecular flexibility index (Phi) is 8.62. The molecule has 4 aromatic rings. The third-order valence-electron chi connectivity index (χ3n) is 4.34. The van der Waals surface area contributed by atoms with Crippen LogP contribution < -0.4 is 8.37 Å². The summed E-state index contributed by atoms with van der Waals surface area (Å²) in [6.07, 6.45) is 0. The maximum Gasteiger partial charge on any atom is 0.466 e. The molecule has 0 bridgehead atoms. The van der Waals surface area contributed by atoms with Gasteiger partial charge in [-0.05, 0) is 56.1 Å². The zero-order chi connectivity index (χ0) is 22.3. The van der Waals surface area contributed by atoms with Crippen molar-refractivity contribution in [2.24, 2.45) is 0 Å². The van der Waals surface area contributed by atoms with Crippen LogP contribution in [-0.4, -0.2) is 85.9 Å². The number of benzene rings is 2. The largest absolute Gasteiger partial charge is 0.466 e. The average Bonchev–Trinajstić information content (AvgIpc) is 3.13. The second-order valence-electron chi connectivity index (χ2n) is 6.33. The van der Waals surface area contributed by atoms with E-state index in [0.29, 0.717) is 39.7 Å². The van der Waals surface area contributed by atoms with Crippen molar-refractivity contribution >= 4 is 165 Å². The van der Waals surface area contributed by atoms with Gasteiger partial charge in [0.25, 0.3) is 0 Å². The van der Waals surface area contributed by atoms with Crippen LogP contribution in [0.4, 0.5) is 0 Å². The van der Waals surface area contributed by atoms with Crippen LogP contribution in [0.5, 0.6) is 11.5 Å². The first-order valence-electron chi connectivity index (χ1n) is 8.06. The van der Waals surface area contributed by atoms with Crippen molar-refractivity contribution in [1.82, 2.24) is 9.97 Å². The Bertz CT molecular complexity index is 1530. The quantitative estimate of drug-likeness (QED) is 0.244. The van der Waals surface area contributed by atoms with Gasteiger partial charge in [-0.25, -0.2) is 0 Å². The smallest absolute Gasteiger partial charge is 0.358 e. The predicted octanol–water partition coefficient (Wildman–Crippen LogP) is 4.88. The van der Waals surface area contributed by atoms with Crippen LogP contribution in [0.3, 0.4) is 0 Å². The number of aromatic amines is 2. The first-order chi connectivity index (χ1) is 14.4. The van der Waals surface area contributed by atoms with Crippen molar-refractivity contribution in [2.45, 2.75) is 0 Å². The van der Waals surface area contributed by atoms with E-state index in [1.165, 1.54) is 0 Å². The van der Waals surface area contributed by atoms with E-state index < -0.39 is 20.8 Å². The molecule has 0 spiro atoms. The molecule has 5 rings (SSSR count). The van der Waals surface area contributed by atoms with Gasteiger partial charge in [0.15, 0.2) is 11.5 Å². The van der Waals surface area contributed by atoms with Gasteiger partial charge >= 0.3 is 20.8 Å². The zero-order valence-corrected chi connectivity index (χ0v) is 28.5. The number of nitrogens with one attached hydrogen (secondary N) is 2. The van der Waals surface area contributed by atoms with Crippen molar-refractivity contribution in [3.8, 4) is 22.9 Å². The van der Waals surface area contributed by atoms with E-state index in [1.807, 2.05) is 0 Å². The van der Waals surface area contributed by atoms with E-state index in [9.17, 15) is 16.8 Å². The van der Waals surface area contributed by atoms with Crippen molar-refractivity contribution in [3.63, 3.8) is 0 Å². The zero-order valence-electron chi connectivity index (χ0n) is 16.5. The second-order valence-corrected chi connectivity index (χ2v) is 12.4. The molecule has 0 amide bonds. The molecule has 0 saturated heterocycles. The molecule has 0 unspecified atom stereocenters. The predicted molar refractivity (Wildman–Crippen MR) is 138 cm³/mol. The number of hydrogen-bond acceptors (Lipinski definition) is 7. The summed E-state index contributed by atoms with van der Waals surface area (Å²) in [6, 6.07) is 6.74. The summed E-state index contributed by atoms with van der Waals surface area (Å²) in [6.45, 7) is 0. The summed E-state index contributed by atoms with van der Waals surface area (Å²) in [5.41, 5.74) is 1.31. The minimum Gasteiger partial charge on any atom is -0.358 e. The van der Waals surface area contributed by atoms with Gasteiger partial charge in [0.05, 0.1) is 11.0 Å². The molecule has 0 fully saturated rings. The molecule has 2 aromatic heterocycles. The normalized spacial score (nSPS) is 16.1. The van der Waals surface area contributed by atoms with E-state index in [0.717, 1.165) is 0 Å². The molecule has 0 saturated carbocycles. The number of hydrogen-bond donors (Lipinski definition) is 2. The van der Waals surface area contributed by atoms with Crippen LogP contribution in [-0.2, 0) is 24.4 Å². The Balaban J connectivity index is 0.00000153. The van der Waals surface area contributed by atoms with Gasteiger partial charge in [0, 0.05) is 87.8 Å². The van der Waals surface area contributed by atoms with Crippen molar-refractivity contribution in [1.29, 1.82) is 0 Å². The first-order valence-corrected chi connectivity index (χ1v) is 13.9. The summed E-state index contributed by atoms with van der Waals surface area (Å²) >= 11 is 13.5. The number of rotatable bonds is 0. The third-order valence-corrected chi connectivity index (χ3v) is 8.58. The van der Waals surface area contributed by atoms with E-state index in [2.05, 4.69) is 77.3 Å². The molecule has 0 aliphatic carbocycles. The Hall–Kier alpha value is 0.900. The standard InChI is InChI=1S/C16H6Br4N2O7S2.2Na/c17-5-1-7-11(9(19)3-5)21-13-14-16(8-2-6(18)4-10(20)12(8)22-14)28-31(25,26)29-30(23,24)27-15(7)13;;/h1-4,21-22H;;. The van der Waals surface area contributed by atoms with Crippen molar-refractivity contribution in [2.75, 3.05) is 0 Å². The van der Waals surface area contributed by atoms with Crippen LogP contribution in [0.2, 0.25) is 0 Å². The molecule has 1 aliphatic rings. The summed E-state index contributed by atoms with van der Waals surface area (Å²) < 4.78 is 66.3. The molecule has 9 nitrogen and oxygen atoms in total. The SMILES string of the molecule is O=S1(=O)Oc2c([nH]c3c(Br)cc(Br)cc23)-c2[nH]c3c(Br)cc(Br)cc3c2OS(=O)(=O)O1.[Na].[Na]. The molecule has 3 heterocycles. The molecule has 1 aliphatic heterocycles. The van der Waals surface area contributed by atoms with Crippen LogP contribution in [0.25, 0.3) is 33.2 Å². The molecule has 164 valence electrons. The van der Waals surface area contributed by atoms with Gasteiger partial charge in [-0.15, -0.1) is 0 Å². The van der Waals surface area contributed by atoms with Crippen LogP contribution in [0.15, 0.2) is 42.2 Å². The Morgan fingerprint density at radius 2 is 1.00 bits per heavy atom. The van der Waals surface area contributed by atoms with Crippen LogP contribution in [0.1, 0.15) is 0 Å². The average molecular weight is 768 g/mol. The second kappa shape index (κ2) is 9.99. The van der Waals surface area contributed by atoms with Gasteiger partial charge in [-0.1, -0.05) is 35.5 Å². The van der Waals surface area contributed by atoms with Gasteiger partial charge in [-0.3, -0.25) is 0 Å². The minimum atomic E-state index is -5.04. The van der Waals surface area contributed by atoms with Crippen LogP contribution in [0, 0.1) is 0 Å². The van der Waals surface area contributed by atoms with E-state index in [4.69, 9.17) is 8.37 Å². The van der Waals surface area contributed by atoms with Gasteiger partial charge in [0.1, 0.15) is 11.4 Å². The summed E-state index contributed by atoms with van der Waals surface area (Å²) in [4.78, 5) is 6.16. The number of fused-ring (bicyclic) bond motifs is 7. The summed E-state index contributed by atoms with van der Waals surface area (Å²) in [5.74, 6) is -0.332. The fourth-order valence-corrected chi connectivity index (χ4v) is 7.69. The first kappa shape index (κ1) is 28.5. The van der Waals surface area contributed by atoms with E-state index >= 15 is 0 Å². The molecular formula is C16H6Br4N2Na2O7S2. The number of H-pyrrole nitrogens is 2. The van der Waals surface area contributed by atoms with Crippen molar-refractivity contribution in [3.05, 3.63) is 42.2 Å². The molecule has 17 heteroatoms. The molecule has 33 heavy (non-hydrogen) atoms. The Labute approximate surface area is 265 Å².